The van der Waals surface area contributed by atoms with Crippen LogP contribution >= 0.6 is 24.0 Å². The maximum Gasteiger partial charge on any atom is 0.227 e. The Morgan fingerprint density at radius 3 is 2.68 bits per heavy atom. The number of fused-ring (bicyclic) bond motifs is 1. The highest BCUT2D eigenvalue weighted by Crippen LogP contribution is 2.16. The van der Waals surface area contributed by atoms with Crippen LogP contribution < -0.4 is 16.0 Å². The van der Waals surface area contributed by atoms with E-state index in [-0.39, 0.29) is 35.9 Å². The van der Waals surface area contributed by atoms with E-state index in [1.165, 1.54) is 0 Å². The molecule has 1 unspecified atom stereocenters. The second-order valence-electron chi connectivity index (χ2n) is 7.38. The molecule has 0 aromatic carbocycles. The van der Waals surface area contributed by atoms with E-state index in [4.69, 9.17) is 4.74 Å². The zero-order valence-electron chi connectivity index (χ0n) is 17.5. The first kappa shape index (κ1) is 24.6. The highest BCUT2D eigenvalue weighted by Gasteiger charge is 2.27. The number of halogens is 1. The summed E-state index contributed by atoms with van der Waals surface area (Å²) >= 11 is 0. The molecule has 2 heterocycles. The Morgan fingerprint density at radius 1 is 1.32 bits per heavy atom. The molecule has 0 aliphatic carbocycles. The van der Waals surface area contributed by atoms with Gasteiger partial charge >= 0.3 is 0 Å². The summed E-state index contributed by atoms with van der Waals surface area (Å²) in [5, 5.41) is 14.1. The molecule has 0 fully saturated rings. The van der Waals surface area contributed by atoms with Gasteiger partial charge in [0.05, 0.1) is 18.5 Å². The van der Waals surface area contributed by atoms with E-state index in [1.54, 1.807) is 7.11 Å². The van der Waals surface area contributed by atoms with Crippen molar-refractivity contribution in [1.29, 1.82) is 0 Å². The fourth-order valence-corrected chi connectivity index (χ4v) is 2.93. The molecule has 1 aliphatic rings. The number of hydrogen-bond donors (Lipinski definition) is 3. The standard InChI is InChI=1S/C18H33N7O2.HI/c1-6-19-16(26)18(3,4)12-21-17(20-7-2)22-13-8-9-15-23-14(11-27-5)24-25(15)10-13;/h13H,6-12H2,1-5H3,(H,19,26)(H2,20,21,22);1H. The van der Waals surface area contributed by atoms with Crippen LogP contribution in [-0.4, -0.2) is 59.4 Å². The van der Waals surface area contributed by atoms with Gasteiger partial charge in [0.2, 0.25) is 5.91 Å². The van der Waals surface area contributed by atoms with E-state index >= 15 is 0 Å². The third kappa shape index (κ3) is 6.87. The topological polar surface area (TPSA) is 105 Å². The van der Waals surface area contributed by atoms with Crippen molar-refractivity contribution >= 4 is 35.8 Å². The average Bonchev–Trinajstić information content (AvgIpc) is 3.02. The number of carbonyl (C=O) groups is 1. The van der Waals surface area contributed by atoms with Crippen LogP contribution in [0.15, 0.2) is 4.99 Å². The largest absolute Gasteiger partial charge is 0.377 e. The van der Waals surface area contributed by atoms with Gasteiger partial charge in [-0.25, -0.2) is 9.67 Å². The molecule has 0 bridgehead atoms. The van der Waals surface area contributed by atoms with Gasteiger partial charge in [-0.2, -0.15) is 5.10 Å². The maximum atomic E-state index is 12.2. The lowest BCUT2D eigenvalue weighted by Crippen LogP contribution is -2.48. The average molecular weight is 507 g/mol. The van der Waals surface area contributed by atoms with Crippen LogP contribution in [0, 0.1) is 5.41 Å². The number of ether oxygens (including phenoxy) is 1. The first-order valence-corrected chi connectivity index (χ1v) is 9.64. The summed E-state index contributed by atoms with van der Waals surface area (Å²) in [5.74, 6) is 2.46. The van der Waals surface area contributed by atoms with Crippen molar-refractivity contribution < 1.29 is 9.53 Å². The third-order valence-corrected chi connectivity index (χ3v) is 4.44. The number of carbonyl (C=O) groups excluding carboxylic acids is 1. The van der Waals surface area contributed by atoms with Crippen molar-refractivity contribution in [1.82, 2.24) is 30.7 Å². The summed E-state index contributed by atoms with van der Waals surface area (Å²) in [6, 6.07) is 0.208. The molecule has 1 aromatic rings. The molecule has 9 nitrogen and oxygen atoms in total. The molecular weight excluding hydrogens is 473 g/mol. The summed E-state index contributed by atoms with van der Waals surface area (Å²) in [6.45, 7) is 10.7. The fraction of sp³-hybridized carbons (Fsp3) is 0.778. The Morgan fingerprint density at radius 2 is 2.04 bits per heavy atom. The molecule has 10 heteroatoms. The number of nitrogens with zero attached hydrogens (tertiary/aromatic N) is 4. The Kier molecular flexibility index (Phi) is 10.1. The monoisotopic (exact) mass is 507 g/mol. The molecule has 0 saturated heterocycles. The Bertz CT molecular complexity index is 660. The molecule has 2 rings (SSSR count). The van der Waals surface area contributed by atoms with Gasteiger partial charge in [0.15, 0.2) is 11.8 Å². The number of guanidine groups is 1. The van der Waals surface area contributed by atoms with Crippen molar-refractivity contribution in [2.75, 3.05) is 26.7 Å². The summed E-state index contributed by atoms with van der Waals surface area (Å²) in [4.78, 5) is 21.3. The van der Waals surface area contributed by atoms with Gasteiger partial charge in [0.1, 0.15) is 12.4 Å². The van der Waals surface area contributed by atoms with Crippen LogP contribution in [0.2, 0.25) is 0 Å². The van der Waals surface area contributed by atoms with Crippen molar-refractivity contribution in [3.05, 3.63) is 11.6 Å². The van der Waals surface area contributed by atoms with Crippen molar-refractivity contribution in [2.45, 2.75) is 59.7 Å². The van der Waals surface area contributed by atoms with Crippen LogP contribution in [0.5, 0.6) is 0 Å². The fourth-order valence-electron chi connectivity index (χ4n) is 2.93. The zero-order valence-corrected chi connectivity index (χ0v) is 19.9. The van der Waals surface area contributed by atoms with Crippen LogP contribution in [0.25, 0.3) is 0 Å². The molecule has 1 atom stereocenters. The molecule has 0 spiro atoms. The Balaban J connectivity index is 0.00000392. The summed E-state index contributed by atoms with van der Waals surface area (Å²) in [5.41, 5.74) is -0.556. The van der Waals surface area contributed by atoms with Gasteiger partial charge in [0.25, 0.3) is 0 Å². The van der Waals surface area contributed by atoms with E-state index < -0.39 is 5.41 Å². The molecule has 3 N–H and O–H groups in total. The number of aryl methyl sites for hydroxylation is 1. The number of rotatable bonds is 8. The van der Waals surface area contributed by atoms with Gasteiger partial charge < -0.3 is 20.7 Å². The van der Waals surface area contributed by atoms with Gasteiger partial charge in [-0.15, -0.1) is 24.0 Å². The maximum absolute atomic E-state index is 12.2. The van der Waals surface area contributed by atoms with Gasteiger partial charge in [-0.05, 0) is 34.1 Å². The lowest BCUT2D eigenvalue weighted by molar-refractivity contribution is -0.128. The zero-order chi connectivity index (χ0) is 19.9. The third-order valence-electron chi connectivity index (χ3n) is 4.44. The van der Waals surface area contributed by atoms with E-state index in [0.29, 0.717) is 19.7 Å². The van der Waals surface area contributed by atoms with Crippen molar-refractivity contribution in [3.63, 3.8) is 0 Å². The Hall–Kier alpha value is -1.43. The van der Waals surface area contributed by atoms with E-state index in [1.807, 2.05) is 32.4 Å². The number of methoxy groups -OCH3 is 1. The number of aliphatic imine (C=N–C) groups is 1. The van der Waals surface area contributed by atoms with Crippen molar-refractivity contribution in [2.24, 2.45) is 10.4 Å². The highest BCUT2D eigenvalue weighted by molar-refractivity contribution is 14.0. The van der Waals surface area contributed by atoms with E-state index in [0.717, 1.165) is 43.5 Å². The second kappa shape index (κ2) is 11.5. The van der Waals surface area contributed by atoms with E-state index in [9.17, 15) is 4.79 Å². The molecule has 1 aromatic heterocycles. The minimum absolute atomic E-state index is 0. The minimum atomic E-state index is -0.556. The van der Waals surface area contributed by atoms with Crippen molar-refractivity contribution in [3.8, 4) is 0 Å². The SMILES string of the molecule is CCNC(=O)C(C)(C)CN=C(NCC)NC1CCc2nc(COC)nn2C1.I. The molecule has 0 saturated carbocycles. The predicted molar refractivity (Wildman–Crippen MR) is 120 cm³/mol. The number of nitrogens with one attached hydrogen (secondary N) is 3. The normalized spacial score (nSPS) is 16.8. The first-order valence-electron chi connectivity index (χ1n) is 9.64. The minimum Gasteiger partial charge on any atom is -0.377 e. The van der Waals surface area contributed by atoms with Crippen LogP contribution in [0.4, 0.5) is 0 Å². The van der Waals surface area contributed by atoms with Gasteiger partial charge in [0, 0.05) is 32.7 Å². The van der Waals surface area contributed by atoms with Gasteiger partial charge in [-0.3, -0.25) is 9.79 Å². The Labute approximate surface area is 184 Å². The summed E-state index contributed by atoms with van der Waals surface area (Å²) < 4.78 is 7.06. The number of aromatic nitrogens is 3. The van der Waals surface area contributed by atoms with Crippen LogP contribution in [0.3, 0.4) is 0 Å². The molecular formula is C18H34IN7O2. The van der Waals surface area contributed by atoms with Gasteiger partial charge in [-0.1, -0.05) is 0 Å². The molecule has 160 valence electrons. The smallest absolute Gasteiger partial charge is 0.227 e. The first-order chi connectivity index (χ1) is 12.9. The van der Waals surface area contributed by atoms with Crippen LogP contribution in [0.1, 0.15) is 45.8 Å². The molecule has 28 heavy (non-hydrogen) atoms. The second-order valence-corrected chi connectivity index (χ2v) is 7.38. The van der Waals surface area contributed by atoms with E-state index in [2.05, 4.69) is 31.0 Å². The molecule has 0 radical (unpaired) electrons. The summed E-state index contributed by atoms with van der Waals surface area (Å²) in [7, 11) is 1.64. The lowest BCUT2D eigenvalue weighted by Gasteiger charge is -2.26. The molecule has 1 aliphatic heterocycles. The quantitative estimate of drug-likeness (QED) is 0.276. The predicted octanol–water partition coefficient (Wildman–Crippen LogP) is 1.07. The number of amides is 1. The summed E-state index contributed by atoms with van der Waals surface area (Å²) in [6.07, 6.45) is 1.81. The lowest BCUT2D eigenvalue weighted by atomic mass is 9.92. The highest BCUT2D eigenvalue weighted by atomic mass is 127. The van der Waals surface area contributed by atoms with Crippen LogP contribution in [-0.2, 0) is 29.1 Å². The number of hydrogen-bond acceptors (Lipinski definition) is 5. The molecule has 1 amide bonds.